The summed E-state index contributed by atoms with van der Waals surface area (Å²) in [5, 5.41) is 0. The number of piperazine rings is 1. The van der Waals surface area contributed by atoms with Crippen LogP contribution in [0.2, 0.25) is 0 Å². The zero-order valence-electron chi connectivity index (χ0n) is 11.2. The molecule has 1 aliphatic heterocycles. The van der Waals surface area contributed by atoms with Crippen molar-refractivity contribution in [1.29, 1.82) is 0 Å². The molecule has 1 fully saturated rings. The van der Waals surface area contributed by atoms with Crippen LogP contribution in [0.1, 0.15) is 18.5 Å². The molecule has 0 N–H and O–H groups in total. The summed E-state index contributed by atoms with van der Waals surface area (Å²) in [5.74, 6) is 0. The third kappa shape index (κ3) is 3.78. The van der Waals surface area contributed by atoms with Crippen LogP contribution in [0.25, 0.3) is 0 Å². The van der Waals surface area contributed by atoms with Gasteiger partial charge in [-0.1, -0.05) is 28.1 Å². The van der Waals surface area contributed by atoms with Crippen molar-refractivity contribution in [3.63, 3.8) is 0 Å². The number of rotatable bonds is 3. The molecule has 1 unspecified atom stereocenters. The van der Waals surface area contributed by atoms with E-state index in [4.69, 9.17) is 0 Å². The number of halogens is 1. The van der Waals surface area contributed by atoms with E-state index in [1.54, 1.807) is 4.31 Å². The number of hydrogen-bond donors (Lipinski definition) is 0. The second-order valence-electron chi connectivity index (χ2n) is 4.93. The van der Waals surface area contributed by atoms with Crippen molar-refractivity contribution in [2.24, 2.45) is 0 Å². The number of nitrogens with zero attached hydrogens (tertiary/aromatic N) is 2. The highest BCUT2D eigenvalue weighted by molar-refractivity contribution is 9.10. The van der Waals surface area contributed by atoms with Gasteiger partial charge in [0.25, 0.3) is 0 Å². The largest absolute Gasteiger partial charge is 0.294 e. The summed E-state index contributed by atoms with van der Waals surface area (Å²) >= 11 is 3.43. The number of benzene rings is 1. The Labute approximate surface area is 123 Å². The maximum atomic E-state index is 11.5. The lowest BCUT2D eigenvalue weighted by atomic mass is 10.1. The Hall–Kier alpha value is -0.430. The van der Waals surface area contributed by atoms with Crippen LogP contribution >= 0.6 is 15.9 Å². The Morgan fingerprint density at radius 3 is 2.11 bits per heavy atom. The summed E-state index contributed by atoms with van der Waals surface area (Å²) in [6.45, 7) is 4.90. The van der Waals surface area contributed by atoms with Crippen LogP contribution < -0.4 is 0 Å². The standard InChI is InChI=1S/C13H19BrN2O2S/c1-11(12-3-5-13(14)6-4-12)15-7-9-16(10-8-15)19(2,17)18/h3-6,11H,7-10H2,1-2H3. The van der Waals surface area contributed by atoms with Crippen LogP contribution in [-0.4, -0.2) is 50.1 Å². The van der Waals surface area contributed by atoms with Gasteiger partial charge in [-0.25, -0.2) is 8.42 Å². The molecule has 1 atom stereocenters. The molecule has 0 spiro atoms. The van der Waals surface area contributed by atoms with Crippen molar-refractivity contribution in [1.82, 2.24) is 9.21 Å². The van der Waals surface area contributed by atoms with E-state index < -0.39 is 10.0 Å². The fourth-order valence-corrected chi connectivity index (χ4v) is 3.47. The molecule has 1 aliphatic rings. The monoisotopic (exact) mass is 346 g/mol. The zero-order valence-corrected chi connectivity index (χ0v) is 13.6. The third-order valence-corrected chi connectivity index (χ3v) is 5.47. The predicted molar refractivity (Wildman–Crippen MR) is 80.5 cm³/mol. The molecule has 1 saturated heterocycles. The fourth-order valence-electron chi connectivity index (χ4n) is 2.37. The second-order valence-corrected chi connectivity index (χ2v) is 7.82. The summed E-state index contributed by atoms with van der Waals surface area (Å²) in [6.07, 6.45) is 1.28. The summed E-state index contributed by atoms with van der Waals surface area (Å²) in [6, 6.07) is 8.61. The van der Waals surface area contributed by atoms with Gasteiger partial charge in [-0.05, 0) is 24.6 Å². The van der Waals surface area contributed by atoms with E-state index in [0.717, 1.165) is 17.6 Å². The first-order valence-electron chi connectivity index (χ1n) is 6.32. The molecule has 4 nitrogen and oxygen atoms in total. The van der Waals surface area contributed by atoms with Gasteiger partial charge in [-0.2, -0.15) is 4.31 Å². The SMILES string of the molecule is CC(c1ccc(Br)cc1)N1CCN(S(C)(=O)=O)CC1. The molecule has 0 aliphatic carbocycles. The fraction of sp³-hybridized carbons (Fsp3) is 0.538. The maximum Gasteiger partial charge on any atom is 0.211 e. The van der Waals surface area contributed by atoms with E-state index in [0.29, 0.717) is 19.1 Å². The predicted octanol–water partition coefficient (Wildman–Crippen LogP) is 2.09. The smallest absolute Gasteiger partial charge is 0.211 e. The van der Waals surface area contributed by atoms with Gasteiger partial charge in [-0.3, -0.25) is 4.90 Å². The Morgan fingerprint density at radius 2 is 1.63 bits per heavy atom. The first-order chi connectivity index (χ1) is 8.88. The van der Waals surface area contributed by atoms with Gasteiger partial charge in [-0.15, -0.1) is 0 Å². The van der Waals surface area contributed by atoms with Crippen LogP contribution in [0.15, 0.2) is 28.7 Å². The van der Waals surface area contributed by atoms with Crippen molar-refractivity contribution in [2.45, 2.75) is 13.0 Å². The van der Waals surface area contributed by atoms with Crippen LogP contribution in [0.3, 0.4) is 0 Å². The molecule has 2 rings (SSSR count). The first-order valence-corrected chi connectivity index (χ1v) is 8.96. The highest BCUT2D eigenvalue weighted by Gasteiger charge is 2.26. The molecular weight excluding hydrogens is 328 g/mol. The highest BCUT2D eigenvalue weighted by atomic mass is 79.9. The van der Waals surface area contributed by atoms with Crippen molar-refractivity contribution < 1.29 is 8.42 Å². The van der Waals surface area contributed by atoms with Crippen LogP contribution in [0.4, 0.5) is 0 Å². The first kappa shape index (κ1) is 15.0. The molecule has 6 heteroatoms. The van der Waals surface area contributed by atoms with Gasteiger partial charge in [0.05, 0.1) is 6.26 Å². The minimum atomic E-state index is -3.04. The Bertz CT molecular complexity index is 522. The molecule has 0 radical (unpaired) electrons. The number of hydrogen-bond acceptors (Lipinski definition) is 3. The summed E-state index contributed by atoms with van der Waals surface area (Å²) in [7, 11) is -3.04. The maximum absolute atomic E-state index is 11.5. The normalized spacial score (nSPS) is 20.4. The minimum absolute atomic E-state index is 0.315. The average Bonchev–Trinajstić information content (AvgIpc) is 2.38. The van der Waals surface area contributed by atoms with E-state index in [1.807, 2.05) is 12.1 Å². The quantitative estimate of drug-likeness (QED) is 0.841. The molecule has 0 saturated carbocycles. The summed E-state index contributed by atoms with van der Waals surface area (Å²) < 4.78 is 25.6. The van der Waals surface area contributed by atoms with Crippen molar-refractivity contribution >= 4 is 26.0 Å². The van der Waals surface area contributed by atoms with E-state index in [2.05, 4.69) is 39.9 Å². The van der Waals surface area contributed by atoms with Gasteiger partial charge >= 0.3 is 0 Å². The minimum Gasteiger partial charge on any atom is -0.294 e. The third-order valence-electron chi connectivity index (χ3n) is 3.64. The molecule has 0 bridgehead atoms. The second kappa shape index (κ2) is 5.91. The lowest BCUT2D eigenvalue weighted by Crippen LogP contribution is -2.48. The number of sulfonamides is 1. The van der Waals surface area contributed by atoms with E-state index >= 15 is 0 Å². The van der Waals surface area contributed by atoms with Crippen molar-refractivity contribution in [3.8, 4) is 0 Å². The molecule has 0 aromatic heterocycles. The topological polar surface area (TPSA) is 40.6 Å². The van der Waals surface area contributed by atoms with Crippen LogP contribution in [0.5, 0.6) is 0 Å². The van der Waals surface area contributed by atoms with Gasteiger partial charge in [0.1, 0.15) is 0 Å². The lowest BCUT2D eigenvalue weighted by molar-refractivity contribution is 0.146. The lowest BCUT2D eigenvalue weighted by Gasteiger charge is -2.37. The summed E-state index contributed by atoms with van der Waals surface area (Å²) in [4.78, 5) is 2.32. The van der Waals surface area contributed by atoms with E-state index in [9.17, 15) is 8.42 Å². The molecular formula is C13H19BrN2O2S. The molecule has 1 heterocycles. The van der Waals surface area contributed by atoms with Gasteiger partial charge < -0.3 is 0 Å². The van der Waals surface area contributed by atoms with Gasteiger partial charge in [0.2, 0.25) is 10.0 Å². The van der Waals surface area contributed by atoms with Crippen LogP contribution in [0, 0.1) is 0 Å². The molecule has 106 valence electrons. The summed E-state index contributed by atoms with van der Waals surface area (Å²) in [5.41, 5.74) is 1.26. The average molecular weight is 347 g/mol. The van der Waals surface area contributed by atoms with Gasteiger partial charge in [0.15, 0.2) is 0 Å². The van der Waals surface area contributed by atoms with Crippen molar-refractivity contribution in [3.05, 3.63) is 34.3 Å². The van der Waals surface area contributed by atoms with Crippen molar-refractivity contribution in [2.75, 3.05) is 32.4 Å². The van der Waals surface area contributed by atoms with Crippen LogP contribution in [-0.2, 0) is 10.0 Å². The zero-order chi connectivity index (χ0) is 14.0. The van der Waals surface area contributed by atoms with Gasteiger partial charge in [0, 0.05) is 36.7 Å². The Kier molecular flexibility index (Phi) is 4.66. The Balaban J connectivity index is 1.99. The van der Waals surface area contributed by atoms with E-state index in [1.165, 1.54) is 11.8 Å². The molecule has 19 heavy (non-hydrogen) atoms. The highest BCUT2D eigenvalue weighted by Crippen LogP contribution is 2.23. The molecule has 1 aromatic rings. The Morgan fingerprint density at radius 1 is 1.11 bits per heavy atom. The molecule has 0 amide bonds. The molecule has 1 aromatic carbocycles. The van der Waals surface area contributed by atoms with E-state index in [-0.39, 0.29) is 0 Å².